The minimum Gasteiger partial charge on any atom is -0.496 e. The second kappa shape index (κ2) is 7.27. The van der Waals surface area contributed by atoms with Gasteiger partial charge in [0, 0.05) is 17.5 Å². The predicted molar refractivity (Wildman–Crippen MR) is 93.7 cm³/mol. The van der Waals surface area contributed by atoms with Gasteiger partial charge in [0.1, 0.15) is 22.7 Å². The molecule has 2 aromatic heterocycles. The summed E-state index contributed by atoms with van der Waals surface area (Å²) in [6, 6.07) is 7.75. The molecule has 0 aliphatic rings. The molecule has 1 aromatic carbocycles. The van der Waals surface area contributed by atoms with E-state index >= 15 is 0 Å². The smallest absolute Gasteiger partial charge is 0.339 e. The Bertz CT molecular complexity index is 863. The first-order chi connectivity index (χ1) is 11.7. The molecular weight excluding hydrogens is 326 g/mol. The van der Waals surface area contributed by atoms with Crippen molar-refractivity contribution >= 4 is 33.3 Å². The zero-order valence-electron chi connectivity index (χ0n) is 13.4. The van der Waals surface area contributed by atoms with E-state index in [1.807, 2.05) is 24.3 Å². The van der Waals surface area contributed by atoms with Gasteiger partial charge in [-0.25, -0.2) is 14.8 Å². The molecule has 0 fully saturated rings. The monoisotopic (exact) mass is 343 g/mol. The number of esters is 1. The Kier molecular flexibility index (Phi) is 4.90. The first kappa shape index (κ1) is 16.2. The van der Waals surface area contributed by atoms with E-state index in [9.17, 15) is 4.79 Å². The predicted octanol–water partition coefficient (Wildman–Crippen LogP) is 3.49. The number of ether oxygens (including phenoxy) is 2. The van der Waals surface area contributed by atoms with Gasteiger partial charge in [0.05, 0.1) is 24.7 Å². The number of nitrogens with one attached hydrogen (secondary N) is 1. The Morgan fingerprint density at radius 1 is 1.29 bits per heavy atom. The number of nitrogens with zero attached hydrogens (tertiary/aromatic N) is 2. The maximum atomic E-state index is 12.1. The summed E-state index contributed by atoms with van der Waals surface area (Å²) in [7, 11) is 1.64. The molecule has 3 aromatic rings. The maximum Gasteiger partial charge on any atom is 0.339 e. The third kappa shape index (κ3) is 3.16. The molecule has 3 rings (SSSR count). The van der Waals surface area contributed by atoms with E-state index in [0.29, 0.717) is 29.9 Å². The van der Waals surface area contributed by atoms with Gasteiger partial charge in [-0.1, -0.05) is 18.2 Å². The second-order valence-electron chi connectivity index (χ2n) is 4.94. The summed E-state index contributed by atoms with van der Waals surface area (Å²) in [5.41, 5.74) is 1.49. The summed E-state index contributed by atoms with van der Waals surface area (Å²) in [6.45, 7) is 2.63. The molecule has 0 radical (unpaired) electrons. The largest absolute Gasteiger partial charge is 0.496 e. The summed E-state index contributed by atoms with van der Waals surface area (Å²) >= 11 is 1.39. The minimum atomic E-state index is -0.362. The van der Waals surface area contributed by atoms with Crippen molar-refractivity contribution < 1.29 is 14.3 Å². The summed E-state index contributed by atoms with van der Waals surface area (Å²) in [6.07, 6.45) is 1.48. The van der Waals surface area contributed by atoms with Crippen molar-refractivity contribution in [1.29, 1.82) is 0 Å². The van der Waals surface area contributed by atoms with E-state index in [2.05, 4.69) is 15.3 Å². The van der Waals surface area contributed by atoms with Crippen LogP contribution in [-0.4, -0.2) is 29.7 Å². The quantitative estimate of drug-likeness (QED) is 0.691. The van der Waals surface area contributed by atoms with Crippen molar-refractivity contribution in [2.45, 2.75) is 13.5 Å². The van der Waals surface area contributed by atoms with Crippen molar-refractivity contribution in [3.05, 3.63) is 47.1 Å². The Morgan fingerprint density at radius 3 is 2.92 bits per heavy atom. The van der Waals surface area contributed by atoms with Gasteiger partial charge in [0.25, 0.3) is 0 Å². The van der Waals surface area contributed by atoms with Gasteiger partial charge in [0.15, 0.2) is 0 Å². The van der Waals surface area contributed by atoms with Gasteiger partial charge < -0.3 is 14.8 Å². The molecular formula is C17H17N3O3S. The van der Waals surface area contributed by atoms with Crippen LogP contribution in [0.2, 0.25) is 0 Å². The lowest BCUT2D eigenvalue weighted by Gasteiger charge is -2.11. The number of carbonyl (C=O) groups is 1. The number of benzene rings is 1. The third-order valence-electron chi connectivity index (χ3n) is 3.50. The molecule has 0 spiro atoms. The van der Waals surface area contributed by atoms with Crippen molar-refractivity contribution in [3.63, 3.8) is 0 Å². The Morgan fingerprint density at radius 2 is 2.12 bits per heavy atom. The molecule has 2 heterocycles. The molecule has 0 aliphatic heterocycles. The zero-order chi connectivity index (χ0) is 16.9. The van der Waals surface area contributed by atoms with Crippen LogP contribution in [0.25, 0.3) is 10.2 Å². The van der Waals surface area contributed by atoms with E-state index in [1.165, 1.54) is 17.7 Å². The molecule has 24 heavy (non-hydrogen) atoms. The number of hydrogen-bond donors (Lipinski definition) is 1. The molecule has 0 aliphatic carbocycles. The van der Waals surface area contributed by atoms with E-state index in [0.717, 1.165) is 16.1 Å². The van der Waals surface area contributed by atoms with Crippen LogP contribution in [0, 0.1) is 0 Å². The number of rotatable bonds is 6. The lowest BCUT2D eigenvalue weighted by molar-refractivity contribution is 0.0529. The van der Waals surface area contributed by atoms with Crippen molar-refractivity contribution in [2.24, 2.45) is 0 Å². The molecule has 1 N–H and O–H groups in total. The number of methoxy groups -OCH3 is 1. The molecule has 0 saturated heterocycles. The fourth-order valence-corrected chi connectivity index (χ4v) is 3.27. The molecule has 7 heteroatoms. The molecule has 6 nitrogen and oxygen atoms in total. The number of aromatic nitrogens is 2. The average molecular weight is 343 g/mol. The van der Waals surface area contributed by atoms with Gasteiger partial charge in [-0.3, -0.25) is 0 Å². The molecule has 0 bridgehead atoms. The second-order valence-corrected chi connectivity index (χ2v) is 5.80. The van der Waals surface area contributed by atoms with Crippen LogP contribution in [0.15, 0.2) is 36.0 Å². The van der Waals surface area contributed by atoms with E-state index in [1.54, 1.807) is 19.4 Å². The molecule has 124 valence electrons. The van der Waals surface area contributed by atoms with E-state index in [4.69, 9.17) is 9.47 Å². The number of para-hydroxylation sites is 1. The van der Waals surface area contributed by atoms with Gasteiger partial charge in [-0.15, -0.1) is 11.3 Å². The average Bonchev–Trinajstić information content (AvgIpc) is 3.05. The van der Waals surface area contributed by atoms with Gasteiger partial charge >= 0.3 is 5.97 Å². The number of anilines is 1. The van der Waals surface area contributed by atoms with E-state index < -0.39 is 0 Å². The lowest BCUT2D eigenvalue weighted by atomic mass is 10.2. The van der Waals surface area contributed by atoms with Crippen LogP contribution in [0.3, 0.4) is 0 Å². The van der Waals surface area contributed by atoms with Gasteiger partial charge in [-0.05, 0) is 13.0 Å². The highest BCUT2D eigenvalue weighted by molar-refractivity contribution is 7.17. The normalized spacial score (nSPS) is 10.6. The minimum absolute atomic E-state index is 0.327. The van der Waals surface area contributed by atoms with Crippen LogP contribution in [0.1, 0.15) is 22.8 Å². The van der Waals surface area contributed by atoms with Crippen molar-refractivity contribution in [1.82, 2.24) is 9.97 Å². The summed E-state index contributed by atoms with van der Waals surface area (Å²) < 4.78 is 10.5. The molecule has 0 amide bonds. The lowest BCUT2D eigenvalue weighted by Crippen LogP contribution is -2.07. The summed E-state index contributed by atoms with van der Waals surface area (Å²) in [5.74, 6) is 1.04. The summed E-state index contributed by atoms with van der Waals surface area (Å²) in [5, 5.41) is 5.72. The SMILES string of the molecule is CCOC(=O)c1csc2ncnc(NCc3ccccc3OC)c12. The van der Waals surface area contributed by atoms with Crippen LogP contribution in [0.4, 0.5) is 5.82 Å². The molecule has 0 atom stereocenters. The fraction of sp³-hybridized carbons (Fsp3) is 0.235. The van der Waals surface area contributed by atoms with Crippen LogP contribution in [-0.2, 0) is 11.3 Å². The number of carbonyl (C=O) groups excluding carboxylic acids is 1. The first-order valence-corrected chi connectivity index (χ1v) is 8.37. The van der Waals surface area contributed by atoms with Crippen molar-refractivity contribution in [3.8, 4) is 5.75 Å². The first-order valence-electron chi connectivity index (χ1n) is 7.49. The fourth-order valence-electron chi connectivity index (χ4n) is 2.40. The van der Waals surface area contributed by atoms with Crippen LogP contribution < -0.4 is 10.1 Å². The van der Waals surface area contributed by atoms with Crippen LogP contribution >= 0.6 is 11.3 Å². The number of fused-ring (bicyclic) bond motifs is 1. The number of thiophene rings is 1. The summed E-state index contributed by atoms with van der Waals surface area (Å²) in [4.78, 5) is 21.4. The van der Waals surface area contributed by atoms with E-state index in [-0.39, 0.29) is 5.97 Å². The molecule has 0 saturated carbocycles. The molecule has 0 unspecified atom stereocenters. The zero-order valence-corrected chi connectivity index (χ0v) is 14.2. The van der Waals surface area contributed by atoms with Crippen molar-refractivity contribution in [2.75, 3.05) is 19.0 Å². The Hall–Kier alpha value is -2.67. The topological polar surface area (TPSA) is 73.3 Å². The van der Waals surface area contributed by atoms with Crippen LogP contribution in [0.5, 0.6) is 5.75 Å². The van der Waals surface area contributed by atoms with Gasteiger partial charge in [-0.2, -0.15) is 0 Å². The highest BCUT2D eigenvalue weighted by atomic mass is 32.1. The maximum absolute atomic E-state index is 12.1. The Balaban J connectivity index is 1.92. The highest BCUT2D eigenvalue weighted by Gasteiger charge is 2.18. The highest BCUT2D eigenvalue weighted by Crippen LogP contribution is 2.30. The third-order valence-corrected chi connectivity index (χ3v) is 4.39. The standard InChI is InChI=1S/C17H17N3O3S/c1-3-23-17(21)12-9-24-16-14(12)15(19-10-20-16)18-8-11-6-4-5-7-13(11)22-2/h4-7,9-10H,3,8H2,1-2H3,(H,18,19,20). The van der Waals surface area contributed by atoms with Gasteiger partial charge in [0.2, 0.25) is 0 Å². The number of hydrogen-bond acceptors (Lipinski definition) is 7. The Labute approximate surface area is 143 Å².